The predicted octanol–water partition coefficient (Wildman–Crippen LogP) is -0.101. The van der Waals surface area contributed by atoms with Crippen LogP contribution in [0, 0.1) is 0 Å². The van der Waals surface area contributed by atoms with Crippen LogP contribution in [-0.2, 0) is 9.59 Å². The summed E-state index contributed by atoms with van der Waals surface area (Å²) in [5.41, 5.74) is 5.01. The van der Waals surface area contributed by atoms with E-state index in [2.05, 4.69) is 17.6 Å². The monoisotopic (exact) mass is 227 g/mol. The average molecular weight is 227 g/mol. The van der Waals surface area contributed by atoms with Gasteiger partial charge in [0.05, 0.1) is 6.04 Å². The summed E-state index contributed by atoms with van der Waals surface area (Å²) in [4.78, 5) is 22.2. The van der Waals surface area contributed by atoms with E-state index in [1.807, 2.05) is 0 Å². The number of rotatable bonds is 5. The van der Waals surface area contributed by atoms with E-state index in [0.717, 1.165) is 19.3 Å². The molecule has 5 nitrogen and oxygen atoms in total. The Balaban J connectivity index is 2.16. The Kier molecular flexibility index (Phi) is 5.25. The van der Waals surface area contributed by atoms with E-state index in [1.165, 1.54) is 0 Å². The van der Waals surface area contributed by atoms with Gasteiger partial charge in [-0.05, 0) is 32.6 Å². The normalized spacial score (nSPS) is 25.1. The third kappa shape index (κ3) is 4.61. The highest BCUT2D eigenvalue weighted by molar-refractivity contribution is 5.81. The van der Waals surface area contributed by atoms with Crippen molar-refractivity contribution >= 4 is 11.8 Å². The zero-order valence-corrected chi connectivity index (χ0v) is 9.79. The summed E-state index contributed by atoms with van der Waals surface area (Å²) in [5, 5.41) is 6.08. The largest absolute Gasteiger partial charge is 0.370 e. The van der Waals surface area contributed by atoms with Crippen molar-refractivity contribution in [3.05, 3.63) is 0 Å². The van der Waals surface area contributed by atoms with E-state index >= 15 is 0 Å². The van der Waals surface area contributed by atoms with Crippen LogP contribution in [0.3, 0.4) is 0 Å². The SMILES string of the molecule is CC1CCCC(C(=O)NCCCC(N)=O)N1. The Labute approximate surface area is 96.1 Å². The number of hydrogen-bond acceptors (Lipinski definition) is 3. The quantitative estimate of drug-likeness (QED) is 0.573. The van der Waals surface area contributed by atoms with Crippen LogP contribution in [0.4, 0.5) is 0 Å². The molecule has 0 aromatic rings. The number of carbonyl (C=O) groups excluding carboxylic acids is 2. The molecule has 1 saturated heterocycles. The molecule has 0 bridgehead atoms. The minimum atomic E-state index is -0.321. The molecule has 92 valence electrons. The molecule has 5 heteroatoms. The van der Waals surface area contributed by atoms with Crippen molar-refractivity contribution in [3.8, 4) is 0 Å². The zero-order valence-electron chi connectivity index (χ0n) is 9.79. The average Bonchev–Trinajstić information content (AvgIpc) is 2.24. The molecule has 16 heavy (non-hydrogen) atoms. The summed E-state index contributed by atoms with van der Waals surface area (Å²) in [7, 11) is 0. The number of nitrogens with two attached hydrogens (primary N) is 1. The fraction of sp³-hybridized carbons (Fsp3) is 0.818. The molecule has 1 rings (SSSR count). The van der Waals surface area contributed by atoms with Crippen molar-refractivity contribution in [3.63, 3.8) is 0 Å². The predicted molar refractivity (Wildman–Crippen MR) is 61.7 cm³/mol. The number of primary amides is 1. The van der Waals surface area contributed by atoms with Gasteiger partial charge in [0.15, 0.2) is 0 Å². The first-order chi connectivity index (χ1) is 7.59. The molecule has 0 radical (unpaired) electrons. The molecule has 1 aliphatic heterocycles. The molecule has 1 aliphatic rings. The summed E-state index contributed by atoms with van der Waals surface area (Å²) in [6.45, 7) is 2.61. The van der Waals surface area contributed by atoms with Crippen LogP contribution in [-0.4, -0.2) is 30.4 Å². The molecule has 2 atom stereocenters. The van der Waals surface area contributed by atoms with Crippen molar-refractivity contribution in [2.24, 2.45) is 5.73 Å². The molecular weight excluding hydrogens is 206 g/mol. The highest BCUT2D eigenvalue weighted by Gasteiger charge is 2.23. The Morgan fingerprint density at radius 3 is 2.81 bits per heavy atom. The van der Waals surface area contributed by atoms with Gasteiger partial charge in [-0.15, -0.1) is 0 Å². The fourth-order valence-corrected chi connectivity index (χ4v) is 1.94. The first-order valence-electron chi connectivity index (χ1n) is 5.91. The smallest absolute Gasteiger partial charge is 0.237 e. The van der Waals surface area contributed by atoms with Crippen LogP contribution in [0.25, 0.3) is 0 Å². The second-order valence-electron chi connectivity index (χ2n) is 4.41. The lowest BCUT2D eigenvalue weighted by molar-refractivity contribution is -0.124. The molecule has 2 unspecified atom stereocenters. The second-order valence-corrected chi connectivity index (χ2v) is 4.41. The maximum absolute atomic E-state index is 11.7. The van der Waals surface area contributed by atoms with E-state index in [-0.39, 0.29) is 17.9 Å². The number of carbonyl (C=O) groups is 2. The van der Waals surface area contributed by atoms with E-state index in [0.29, 0.717) is 25.4 Å². The van der Waals surface area contributed by atoms with Gasteiger partial charge in [0.2, 0.25) is 11.8 Å². The van der Waals surface area contributed by atoms with Gasteiger partial charge in [-0.2, -0.15) is 0 Å². The summed E-state index contributed by atoms with van der Waals surface area (Å²) >= 11 is 0. The van der Waals surface area contributed by atoms with Crippen LogP contribution >= 0.6 is 0 Å². The fourth-order valence-electron chi connectivity index (χ4n) is 1.94. The lowest BCUT2D eigenvalue weighted by atomic mass is 9.99. The first kappa shape index (κ1) is 13.0. The van der Waals surface area contributed by atoms with Gasteiger partial charge in [-0.25, -0.2) is 0 Å². The molecule has 1 fully saturated rings. The van der Waals surface area contributed by atoms with Gasteiger partial charge in [0.25, 0.3) is 0 Å². The maximum atomic E-state index is 11.7. The Hall–Kier alpha value is -1.10. The van der Waals surface area contributed by atoms with Gasteiger partial charge in [0.1, 0.15) is 0 Å². The van der Waals surface area contributed by atoms with Crippen molar-refractivity contribution in [1.82, 2.24) is 10.6 Å². The number of nitrogens with one attached hydrogen (secondary N) is 2. The minimum absolute atomic E-state index is 0.0380. The molecule has 4 N–H and O–H groups in total. The topological polar surface area (TPSA) is 84.2 Å². The molecule has 0 spiro atoms. The minimum Gasteiger partial charge on any atom is -0.370 e. The lowest BCUT2D eigenvalue weighted by Gasteiger charge is -2.27. The Morgan fingerprint density at radius 1 is 1.44 bits per heavy atom. The first-order valence-corrected chi connectivity index (χ1v) is 5.91. The molecule has 2 amide bonds. The molecule has 0 aromatic carbocycles. The van der Waals surface area contributed by atoms with Crippen molar-refractivity contribution < 1.29 is 9.59 Å². The molecule has 0 saturated carbocycles. The van der Waals surface area contributed by atoms with E-state index < -0.39 is 0 Å². The van der Waals surface area contributed by atoms with Gasteiger partial charge < -0.3 is 16.4 Å². The van der Waals surface area contributed by atoms with Gasteiger partial charge in [-0.3, -0.25) is 9.59 Å². The van der Waals surface area contributed by atoms with Gasteiger partial charge in [-0.1, -0.05) is 0 Å². The Bertz CT molecular complexity index is 256. The van der Waals surface area contributed by atoms with Crippen LogP contribution in [0.5, 0.6) is 0 Å². The lowest BCUT2D eigenvalue weighted by Crippen LogP contribution is -2.50. The standard InChI is InChI=1S/C11H21N3O2/c1-8-4-2-5-9(14-8)11(16)13-7-3-6-10(12)15/h8-9,14H,2-7H2,1H3,(H2,12,15)(H,13,16). The van der Waals surface area contributed by atoms with E-state index in [1.54, 1.807) is 0 Å². The molecule has 1 heterocycles. The zero-order chi connectivity index (χ0) is 12.0. The Morgan fingerprint density at radius 2 is 2.19 bits per heavy atom. The molecule has 0 aromatic heterocycles. The van der Waals surface area contributed by atoms with Crippen LogP contribution in [0.1, 0.15) is 39.0 Å². The number of hydrogen-bond donors (Lipinski definition) is 3. The molecular formula is C11H21N3O2. The van der Waals surface area contributed by atoms with Crippen LogP contribution in [0.15, 0.2) is 0 Å². The summed E-state index contributed by atoms with van der Waals surface area (Å²) < 4.78 is 0. The second kappa shape index (κ2) is 6.48. The van der Waals surface area contributed by atoms with Gasteiger partial charge in [0, 0.05) is 19.0 Å². The van der Waals surface area contributed by atoms with E-state index in [9.17, 15) is 9.59 Å². The highest BCUT2D eigenvalue weighted by atomic mass is 16.2. The summed E-state index contributed by atoms with van der Waals surface area (Å²) in [6.07, 6.45) is 4.06. The summed E-state index contributed by atoms with van der Waals surface area (Å²) in [6, 6.07) is 0.340. The number of amides is 2. The summed E-state index contributed by atoms with van der Waals surface area (Å²) in [5.74, 6) is -0.283. The van der Waals surface area contributed by atoms with Crippen molar-refractivity contribution in [2.45, 2.75) is 51.1 Å². The number of piperidine rings is 1. The van der Waals surface area contributed by atoms with Crippen molar-refractivity contribution in [2.75, 3.05) is 6.54 Å². The van der Waals surface area contributed by atoms with Gasteiger partial charge >= 0.3 is 0 Å². The third-order valence-electron chi connectivity index (χ3n) is 2.83. The highest BCUT2D eigenvalue weighted by Crippen LogP contribution is 2.12. The van der Waals surface area contributed by atoms with E-state index in [4.69, 9.17) is 5.73 Å². The third-order valence-corrected chi connectivity index (χ3v) is 2.83. The van der Waals surface area contributed by atoms with Crippen LogP contribution in [0.2, 0.25) is 0 Å². The van der Waals surface area contributed by atoms with Crippen LogP contribution < -0.4 is 16.4 Å². The molecule has 0 aliphatic carbocycles. The van der Waals surface area contributed by atoms with Crippen molar-refractivity contribution in [1.29, 1.82) is 0 Å². The maximum Gasteiger partial charge on any atom is 0.237 e.